The van der Waals surface area contributed by atoms with E-state index in [1.165, 1.54) is 0 Å². The maximum atomic E-state index is 3.55. The second-order valence-electron chi connectivity index (χ2n) is 3.58. The molecule has 0 amide bonds. The van der Waals surface area contributed by atoms with Gasteiger partial charge in [-0.15, -0.1) is 0 Å². The summed E-state index contributed by atoms with van der Waals surface area (Å²) in [6.45, 7) is 8.99. The van der Waals surface area contributed by atoms with Crippen LogP contribution in [0.15, 0.2) is 0 Å². The lowest BCUT2D eigenvalue weighted by Gasteiger charge is -2.32. The van der Waals surface area contributed by atoms with Crippen molar-refractivity contribution >= 4 is 0 Å². The summed E-state index contributed by atoms with van der Waals surface area (Å²) in [4.78, 5) is 0. The molecule has 0 aromatic rings. The molecule has 1 heterocycles. The molecular formula is C8H18N2. The van der Waals surface area contributed by atoms with E-state index in [0.717, 1.165) is 19.0 Å². The van der Waals surface area contributed by atoms with Gasteiger partial charge >= 0.3 is 0 Å². The van der Waals surface area contributed by atoms with Crippen LogP contribution in [0.1, 0.15) is 20.8 Å². The van der Waals surface area contributed by atoms with Gasteiger partial charge in [0, 0.05) is 25.2 Å². The van der Waals surface area contributed by atoms with E-state index in [0.29, 0.717) is 12.1 Å². The summed E-state index contributed by atoms with van der Waals surface area (Å²) in [6, 6.07) is 1.31. The Labute approximate surface area is 63.4 Å². The summed E-state index contributed by atoms with van der Waals surface area (Å²) in [5.41, 5.74) is 0. The Morgan fingerprint density at radius 1 is 1.30 bits per heavy atom. The van der Waals surface area contributed by atoms with Crippen molar-refractivity contribution < 1.29 is 0 Å². The molecule has 2 nitrogen and oxygen atoms in total. The van der Waals surface area contributed by atoms with E-state index in [9.17, 15) is 0 Å². The van der Waals surface area contributed by atoms with E-state index in [4.69, 9.17) is 0 Å². The number of piperazine rings is 1. The number of nitrogens with one attached hydrogen (secondary N) is 2. The van der Waals surface area contributed by atoms with Gasteiger partial charge < -0.3 is 10.6 Å². The summed E-state index contributed by atoms with van der Waals surface area (Å²) in [7, 11) is 0. The van der Waals surface area contributed by atoms with Crippen molar-refractivity contribution in [3.63, 3.8) is 0 Å². The minimum atomic E-state index is 0.640. The predicted octanol–water partition coefficient (Wildman–Crippen LogP) is 0.592. The van der Waals surface area contributed by atoms with Crippen LogP contribution in [-0.2, 0) is 0 Å². The van der Waals surface area contributed by atoms with Gasteiger partial charge in [-0.3, -0.25) is 0 Å². The molecule has 0 aromatic heterocycles. The maximum Gasteiger partial charge on any atom is 0.0218 e. The van der Waals surface area contributed by atoms with Crippen LogP contribution in [0.2, 0.25) is 0 Å². The molecule has 0 aromatic carbocycles. The molecule has 0 bridgehead atoms. The average Bonchev–Trinajstić information content (AvgIpc) is 1.88. The molecule has 2 heteroatoms. The fourth-order valence-electron chi connectivity index (χ4n) is 1.37. The van der Waals surface area contributed by atoms with E-state index < -0.39 is 0 Å². The molecule has 0 spiro atoms. The largest absolute Gasteiger partial charge is 0.314 e. The van der Waals surface area contributed by atoms with Crippen LogP contribution in [0.25, 0.3) is 0 Å². The minimum Gasteiger partial charge on any atom is -0.314 e. The van der Waals surface area contributed by atoms with Gasteiger partial charge in [-0.2, -0.15) is 0 Å². The summed E-state index contributed by atoms with van der Waals surface area (Å²) in [5.74, 6) is 0.746. The quantitative estimate of drug-likeness (QED) is 0.560. The standard InChI is InChI=1S/C8H18N2/c1-6(2)8-5-9-4-7(3)10-8/h6-10H,4-5H2,1-3H3/t7-,8-/m0/s1. The number of hydrogen-bond donors (Lipinski definition) is 2. The normalized spacial score (nSPS) is 34.8. The van der Waals surface area contributed by atoms with Crippen molar-refractivity contribution in [3.05, 3.63) is 0 Å². The summed E-state index contributed by atoms with van der Waals surface area (Å²) >= 11 is 0. The lowest BCUT2D eigenvalue weighted by atomic mass is 10.0. The van der Waals surface area contributed by atoms with Crippen LogP contribution < -0.4 is 10.6 Å². The zero-order valence-corrected chi connectivity index (χ0v) is 7.15. The summed E-state index contributed by atoms with van der Waals surface area (Å²) in [5, 5.41) is 6.96. The number of hydrogen-bond acceptors (Lipinski definition) is 2. The molecule has 10 heavy (non-hydrogen) atoms. The molecule has 0 unspecified atom stereocenters. The van der Waals surface area contributed by atoms with Gasteiger partial charge in [0.1, 0.15) is 0 Å². The smallest absolute Gasteiger partial charge is 0.0218 e. The van der Waals surface area contributed by atoms with Gasteiger partial charge in [0.2, 0.25) is 0 Å². The van der Waals surface area contributed by atoms with Gasteiger partial charge in [-0.25, -0.2) is 0 Å². The first-order chi connectivity index (χ1) is 4.70. The SMILES string of the molecule is CC(C)[C@@H]1CNC[C@H](C)N1. The third-order valence-corrected chi connectivity index (χ3v) is 2.12. The lowest BCUT2D eigenvalue weighted by Crippen LogP contribution is -2.55. The highest BCUT2D eigenvalue weighted by Crippen LogP contribution is 2.04. The zero-order valence-electron chi connectivity index (χ0n) is 7.15. The van der Waals surface area contributed by atoms with Crippen LogP contribution in [0.4, 0.5) is 0 Å². The minimum absolute atomic E-state index is 0.640. The van der Waals surface area contributed by atoms with Gasteiger partial charge in [0.05, 0.1) is 0 Å². The highest BCUT2D eigenvalue weighted by molar-refractivity contribution is 4.82. The molecule has 0 radical (unpaired) electrons. The van der Waals surface area contributed by atoms with E-state index in [1.54, 1.807) is 0 Å². The van der Waals surface area contributed by atoms with Gasteiger partial charge in [0.15, 0.2) is 0 Å². The summed E-state index contributed by atoms with van der Waals surface area (Å²) < 4.78 is 0. The topological polar surface area (TPSA) is 24.1 Å². The van der Waals surface area contributed by atoms with Crippen molar-refractivity contribution in [2.24, 2.45) is 5.92 Å². The molecule has 0 saturated carbocycles. The molecule has 1 aliphatic rings. The third-order valence-electron chi connectivity index (χ3n) is 2.12. The van der Waals surface area contributed by atoms with Crippen molar-refractivity contribution in [2.45, 2.75) is 32.9 Å². The fraction of sp³-hybridized carbons (Fsp3) is 1.00. The van der Waals surface area contributed by atoms with Crippen LogP contribution in [0, 0.1) is 5.92 Å². The highest BCUT2D eigenvalue weighted by Gasteiger charge is 2.19. The third kappa shape index (κ3) is 1.96. The lowest BCUT2D eigenvalue weighted by molar-refractivity contribution is 0.296. The maximum absolute atomic E-state index is 3.55. The Morgan fingerprint density at radius 3 is 2.40 bits per heavy atom. The van der Waals surface area contributed by atoms with Crippen molar-refractivity contribution in [3.8, 4) is 0 Å². The van der Waals surface area contributed by atoms with Crippen LogP contribution in [-0.4, -0.2) is 25.2 Å². The van der Waals surface area contributed by atoms with Crippen LogP contribution >= 0.6 is 0 Å². The monoisotopic (exact) mass is 142 g/mol. The van der Waals surface area contributed by atoms with Crippen LogP contribution in [0.3, 0.4) is 0 Å². The van der Waals surface area contributed by atoms with E-state index in [1.807, 2.05) is 0 Å². The van der Waals surface area contributed by atoms with Gasteiger partial charge in [-0.05, 0) is 12.8 Å². The zero-order chi connectivity index (χ0) is 7.56. The average molecular weight is 142 g/mol. The fourth-order valence-corrected chi connectivity index (χ4v) is 1.37. The Hall–Kier alpha value is -0.0800. The second-order valence-corrected chi connectivity index (χ2v) is 3.58. The van der Waals surface area contributed by atoms with Gasteiger partial charge in [0.25, 0.3) is 0 Å². The van der Waals surface area contributed by atoms with Crippen molar-refractivity contribution in [1.29, 1.82) is 0 Å². The molecule has 60 valence electrons. The second kappa shape index (κ2) is 3.35. The Morgan fingerprint density at radius 2 is 2.00 bits per heavy atom. The Balaban J connectivity index is 2.32. The molecule has 0 aliphatic carbocycles. The number of rotatable bonds is 1. The Bertz CT molecular complexity index is 101. The van der Waals surface area contributed by atoms with E-state index in [2.05, 4.69) is 31.4 Å². The first-order valence-corrected chi connectivity index (χ1v) is 4.17. The van der Waals surface area contributed by atoms with Gasteiger partial charge in [-0.1, -0.05) is 13.8 Å². The first kappa shape index (κ1) is 8.02. The van der Waals surface area contributed by atoms with Crippen LogP contribution in [0.5, 0.6) is 0 Å². The van der Waals surface area contributed by atoms with E-state index in [-0.39, 0.29) is 0 Å². The predicted molar refractivity (Wildman–Crippen MR) is 44.1 cm³/mol. The molecular weight excluding hydrogens is 124 g/mol. The van der Waals surface area contributed by atoms with E-state index >= 15 is 0 Å². The Kier molecular flexibility index (Phi) is 2.69. The van der Waals surface area contributed by atoms with Crippen molar-refractivity contribution in [2.75, 3.05) is 13.1 Å². The molecule has 1 rings (SSSR count). The molecule has 2 N–H and O–H groups in total. The summed E-state index contributed by atoms with van der Waals surface area (Å²) in [6.07, 6.45) is 0. The molecule has 2 atom stereocenters. The highest BCUT2D eigenvalue weighted by atomic mass is 15.1. The molecule has 1 aliphatic heterocycles. The molecule has 1 saturated heterocycles. The van der Waals surface area contributed by atoms with Crippen molar-refractivity contribution in [1.82, 2.24) is 10.6 Å². The molecule has 1 fully saturated rings. The first-order valence-electron chi connectivity index (χ1n) is 4.17.